The predicted molar refractivity (Wildman–Crippen MR) is 113 cm³/mol. The normalized spacial score (nSPS) is 21.5. The van der Waals surface area contributed by atoms with Crippen LogP contribution in [-0.4, -0.2) is 39.9 Å². The number of likely N-dealkylation sites (tertiary alicyclic amines) is 2. The van der Waals surface area contributed by atoms with Gasteiger partial charge in [-0.3, -0.25) is 9.69 Å². The highest BCUT2D eigenvalue weighted by atomic mass is 16.2. The van der Waals surface area contributed by atoms with Gasteiger partial charge in [0, 0.05) is 37.6 Å². The molecule has 2 aliphatic rings. The van der Waals surface area contributed by atoms with E-state index in [9.17, 15) is 4.79 Å². The van der Waals surface area contributed by atoms with Crippen LogP contribution in [0.4, 0.5) is 0 Å². The average molecular weight is 380 g/mol. The summed E-state index contributed by atoms with van der Waals surface area (Å²) in [5.74, 6) is 0.178. The molecule has 1 amide bonds. The molecule has 28 heavy (non-hydrogen) atoms. The number of aryl methyl sites for hydroxylation is 1. The minimum absolute atomic E-state index is 0.178. The average Bonchev–Trinajstić information content (AvgIpc) is 3.00. The van der Waals surface area contributed by atoms with Crippen LogP contribution < -0.4 is 0 Å². The van der Waals surface area contributed by atoms with E-state index >= 15 is 0 Å². The Balaban J connectivity index is 1.49. The van der Waals surface area contributed by atoms with Crippen molar-refractivity contribution in [3.05, 3.63) is 59.4 Å². The number of hydrogen-bond acceptors (Lipinski definition) is 2. The van der Waals surface area contributed by atoms with E-state index in [1.165, 1.54) is 56.5 Å². The zero-order chi connectivity index (χ0) is 19.3. The minimum atomic E-state index is 0.178. The number of amides is 1. The maximum atomic E-state index is 13.4. The molecule has 0 radical (unpaired) electrons. The molecule has 1 aromatic carbocycles. The van der Waals surface area contributed by atoms with E-state index in [1.54, 1.807) is 0 Å². The molecule has 1 aromatic heterocycles. The Morgan fingerprint density at radius 3 is 2.36 bits per heavy atom. The van der Waals surface area contributed by atoms with Gasteiger partial charge in [-0.05, 0) is 68.6 Å². The second kappa shape index (κ2) is 8.95. The first-order valence-electron chi connectivity index (χ1n) is 11.0. The topological polar surface area (TPSA) is 28.5 Å². The summed E-state index contributed by atoms with van der Waals surface area (Å²) in [5.41, 5.74) is 3.38. The number of aromatic nitrogens is 1. The van der Waals surface area contributed by atoms with Gasteiger partial charge < -0.3 is 9.47 Å². The number of hydrogen-bond donors (Lipinski definition) is 0. The third kappa shape index (κ3) is 4.33. The number of carbonyl (C=O) groups is 1. The summed E-state index contributed by atoms with van der Waals surface area (Å²) < 4.78 is 2.16. The molecular weight excluding hydrogens is 346 g/mol. The molecule has 4 nitrogen and oxygen atoms in total. The molecule has 150 valence electrons. The number of rotatable bonds is 4. The van der Waals surface area contributed by atoms with Crippen LogP contribution in [-0.2, 0) is 13.6 Å². The van der Waals surface area contributed by atoms with Crippen LogP contribution in [0.15, 0.2) is 42.6 Å². The van der Waals surface area contributed by atoms with Gasteiger partial charge in [0.25, 0.3) is 5.91 Å². The molecule has 1 unspecified atom stereocenters. The standard InChI is InChI=1S/C24H33N3O/c1-25-15-8-10-22(25)23-9-4-2-7-18-27(23)24(28)21-13-11-20(12-14-21)19-26-16-5-3-6-17-26/h8,10-15,23H,2-7,9,16-19H2,1H3. The number of nitrogens with zero attached hydrogens (tertiary/aromatic N) is 3. The molecule has 0 bridgehead atoms. The van der Waals surface area contributed by atoms with Crippen molar-refractivity contribution in [1.29, 1.82) is 0 Å². The Kier molecular flexibility index (Phi) is 6.16. The van der Waals surface area contributed by atoms with Crippen molar-refractivity contribution in [3.63, 3.8) is 0 Å². The van der Waals surface area contributed by atoms with Crippen molar-refractivity contribution in [3.8, 4) is 0 Å². The lowest BCUT2D eigenvalue weighted by molar-refractivity contribution is 0.0674. The first-order chi connectivity index (χ1) is 13.7. The van der Waals surface area contributed by atoms with Crippen LogP contribution in [0.25, 0.3) is 0 Å². The lowest BCUT2D eigenvalue weighted by Crippen LogP contribution is -2.35. The maximum Gasteiger partial charge on any atom is 0.254 e. The first kappa shape index (κ1) is 19.3. The van der Waals surface area contributed by atoms with Gasteiger partial charge in [-0.15, -0.1) is 0 Å². The van der Waals surface area contributed by atoms with Crippen LogP contribution in [0.3, 0.4) is 0 Å². The van der Waals surface area contributed by atoms with E-state index in [2.05, 4.69) is 51.9 Å². The highest BCUT2D eigenvalue weighted by molar-refractivity contribution is 5.94. The van der Waals surface area contributed by atoms with Gasteiger partial charge in [0.05, 0.1) is 6.04 Å². The first-order valence-corrected chi connectivity index (χ1v) is 11.0. The van der Waals surface area contributed by atoms with Crippen molar-refractivity contribution in [2.45, 2.75) is 57.5 Å². The quantitative estimate of drug-likeness (QED) is 0.766. The van der Waals surface area contributed by atoms with Crippen molar-refractivity contribution in [2.75, 3.05) is 19.6 Å². The third-order valence-corrected chi connectivity index (χ3v) is 6.39. The molecule has 0 aliphatic carbocycles. The Morgan fingerprint density at radius 1 is 0.929 bits per heavy atom. The highest BCUT2D eigenvalue weighted by Gasteiger charge is 2.28. The van der Waals surface area contributed by atoms with Gasteiger partial charge >= 0.3 is 0 Å². The van der Waals surface area contributed by atoms with Crippen LogP contribution >= 0.6 is 0 Å². The van der Waals surface area contributed by atoms with Crippen LogP contribution in [0.2, 0.25) is 0 Å². The molecule has 2 saturated heterocycles. The lowest BCUT2D eigenvalue weighted by Gasteiger charge is -2.31. The molecule has 3 heterocycles. The zero-order valence-corrected chi connectivity index (χ0v) is 17.1. The number of carbonyl (C=O) groups excluding carboxylic acids is 1. The molecule has 2 fully saturated rings. The summed E-state index contributed by atoms with van der Waals surface area (Å²) >= 11 is 0. The zero-order valence-electron chi connectivity index (χ0n) is 17.1. The van der Waals surface area contributed by atoms with E-state index in [0.29, 0.717) is 0 Å². The van der Waals surface area contributed by atoms with Crippen molar-refractivity contribution < 1.29 is 4.79 Å². The van der Waals surface area contributed by atoms with E-state index in [-0.39, 0.29) is 11.9 Å². The highest BCUT2D eigenvalue weighted by Crippen LogP contribution is 2.31. The Morgan fingerprint density at radius 2 is 1.64 bits per heavy atom. The van der Waals surface area contributed by atoms with Crippen molar-refractivity contribution >= 4 is 5.91 Å². The molecule has 0 spiro atoms. The van der Waals surface area contributed by atoms with E-state index < -0.39 is 0 Å². The van der Waals surface area contributed by atoms with Crippen LogP contribution in [0.5, 0.6) is 0 Å². The van der Waals surface area contributed by atoms with Gasteiger partial charge in [0.2, 0.25) is 0 Å². The Bertz CT molecular complexity index is 773. The summed E-state index contributed by atoms with van der Waals surface area (Å²) in [6, 6.07) is 12.8. The molecular formula is C24H33N3O. The Hall–Kier alpha value is -2.07. The monoisotopic (exact) mass is 379 g/mol. The molecule has 2 aromatic rings. The fourth-order valence-electron chi connectivity index (χ4n) is 4.77. The summed E-state index contributed by atoms with van der Waals surface area (Å²) in [4.78, 5) is 18.0. The summed E-state index contributed by atoms with van der Waals surface area (Å²) in [7, 11) is 2.08. The second-order valence-electron chi connectivity index (χ2n) is 8.44. The smallest absolute Gasteiger partial charge is 0.254 e. The fourth-order valence-corrected chi connectivity index (χ4v) is 4.77. The molecule has 0 saturated carbocycles. The molecule has 2 aliphatic heterocycles. The van der Waals surface area contributed by atoms with Gasteiger partial charge in [-0.2, -0.15) is 0 Å². The Labute approximate surface area is 169 Å². The van der Waals surface area contributed by atoms with Crippen LogP contribution in [0, 0.1) is 0 Å². The van der Waals surface area contributed by atoms with Gasteiger partial charge in [0.15, 0.2) is 0 Å². The summed E-state index contributed by atoms with van der Waals surface area (Å²) in [5, 5.41) is 0. The SMILES string of the molecule is Cn1cccc1C1CCCCCN1C(=O)c1ccc(CN2CCCCC2)cc1. The second-order valence-corrected chi connectivity index (χ2v) is 8.44. The number of piperidine rings is 1. The van der Waals surface area contributed by atoms with E-state index in [4.69, 9.17) is 0 Å². The van der Waals surface area contributed by atoms with Crippen molar-refractivity contribution in [1.82, 2.24) is 14.4 Å². The number of benzene rings is 1. The molecule has 1 atom stereocenters. The molecule has 0 N–H and O–H groups in total. The maximum absolute atomic E-state index is 13.4. The van der Waals surface area contributed by atoms with Crippen molar-refractivity contribution in [2.24, 2.45) is 7.05 Å². The molecule has 4 rings (SSSR count). The van der Waals surface area contributed by atoms with E-state index in [0.717, 1.165) is 31.5 Å². The van der Waals surface area contributed by atoms with E-state index in [1.807, 2.05) is 12.1 Å². The fraction of sp³-hybridized carbons (Fsp3) is 0.542. The van der Waals surface area contributed by atoms with Crippen LogP contribution in [0.1, 0.15) is 72.6 Å². The minimum Gasteiger partial charge on any atom is -0.353 e. The van der Waals surface area contributed by atoms with Gasteiger partial charge in [0.1, 0.15) is 0 Å². The summed E-state index contributed by atoms with van der Waals surface area (Å²) in [6.07, 6.45) is 10.6. The van der Waals surface area contributed by atoms with Gasteiger partial charge in [-0.1, -0.05) is 31.4 Å². The molecule has 4 heteroatoms. The third-order valence-electron chi connectivity index (χ3n) is 6.39. The predicted octanol–water partition coefficient (Wildman–Crippen LogP) is 4.77. The largest absolute Gasteiger partial charge is 0.353 e. The van der Waals surface area contributed by atoms with Gasteiger partial charge in [-0.25, -0.2) is 0 Å². The lowest BCUT2D eigenvalue weighted by atomic mass is 10.0. The summed E-state index contributed by atoms with van der Waals surface area (Å²) in [6.45, 7) is 4.26.